The zero-order chi connectivity index (χ0) is 20.2. The van der Waals surface area contributed by atoms with Crippen LogP contribution < -0.4 is 5.32 Å². The van der Waals surface area contributed by atoms with Gasteiger partial charge in [-0.05, 0) is 50.6 Å². The van der Waals surface area contributed by atoms with Crippen LogP contribution in [0.5, 0.6) is 5.75 Å². The average Bonchev–Trinajstić information content (AvgIpc) is 3.45. The third kappa shape index (κ3) is 2.95. The Bertz CT molecular complexity index is 1120. The summed E-state index contributed by atoms with van der Waals surface area (Å²) in [5, 5.41) is 20.7. The quantitative estimate of drug-likeness (QED) is 0.620. The molecule has 2 aromatic heterocycles. The Balaban J connectivity index is 1.58. The van der Waals surface area contributed by atoms with Crippen molar-refractivity contribution in [3.63, 3.8) is 0 Å². The molecule has 5 rings (SSSR count). The number of aromatic amines is 1. The van der Waals surface area contributed by atoms with Gasteiger partial charge in [-0.15, -0.1) is 0 Å². The van der Waals surface area contributed by atoms with Gasteiger partial charge in [0.2, 0.25) is 0 Å². The Morgan fingerprint density at radius 2 is 2.17 bits per heavy atom. The van der Waals surface area contributed by atoms with Crippen molar-refractivity contribution in [2.45, 2.75) is 19.8 Å². The highest BCUT2D eigenvalue weighted by Crippen LogP contribution is 2.37. The van der Waals surface area contributed by atoms with Gasteiger partial charge in [0.05, 0.1) is 16.6 Å². The van der Waals surface area contributed by atoms with E-state index in [1.54, 1.807) is 12.1 Å². The zero-order valence-corrected chi connectivity index (χ0v) is 16.1. The Morgan fingerprint density at radius 3 is 2.93 bits per heavy atom. The van der Waals surface area contributed by atoms with Gasteiger partial charge in [-0.25, -0.2) is 9.37 Å². The largest absolute Gasteiger partial charge is 0.505 e. The van der Waals surface area contributed by atoms with Crippen molar-refractivity contribution in [3.05, 3.63) is 41.3 Å². The molecule has 2 aliphatic rings. The van der Waals surface area contributed by atoms with E-state index in [4.69, 9.17) is 0 Å². The summed E-state index contributed by atoms with van der Waals surface area (Å²) in [7, 11) is 0. The van der Waals surface area contributed by atoms with E-state index in [-0.39, 0.29) is 11.3 Å². The molecular formula is C21H22FN5O2. The van der Waals surface area contributed by atoms with Crippen LogP contribution in [-0.4, -0.2) is 57.3 Å². The number of amides is 1. The lowest BCUT2D eigenvalue weighted by molar-refractivity contribution is 0.0777. The number of aryl methyl sites for hydroxylation is 1. The fourth-order valence-electron chi connectivity index (χ4n) is 4.58. The molecule has 0 aliphatic carbocycles. The summed E-state index contributed by atoms with van der Waals surface area (Å²) in [6.45, 7) is 5.28. The highest BCUT2D eigenvalue weighted by atomic mass is 19.1. The van der Waals surface area contributed by atoms with Crippen LogP contribution in [0.3, 0.4) is 0 Å². The van der Waals surface area contributed by atoms with E-state index < -0.39 is 11.6 Å². The van der Waals surface area contributed by atoms with Gasteiger partial charge in [-0.2, -0.15) is 5.10 Å². The van der Waals surface area contributed by atoms with Gasteiger partial charge < -0.3 is 15.3 Å². The summed E-state index contributed by atoms with van der Waals surface area (Å²) in [6, 6.07) is 5.78. The second-order valence-corrected chi connectivity index (χ2v) is 8.17. The fraction of sp³-hybridized carbons (Fsp3) is 0.381. The minimum absolute atomic E-state index is 0.0498. The van der Waals surface area contributed by atoms with Gasteiger partial charge >= 0.3 is 0 Å². The van der Waals surface area contributed by atoms with Crippen molar-refractivity contribution in [1.82, 2.24) is 25.4 Å². The molecule has 0 saturated carbocycles. The molecule has 3 aromatic rings. The molecule has 7 nitrogen and oxygen atoms in total. The molecule has 0 radical (unpaired) electrons. The molecule has 1 aromatic carbocycles. The minimum Gasteiger partial charge on any atom is -0.505 e. The predicted molar refractivity (Wildman–Crippen MR) is 106 cm³/mol. The Labute approximate surface area is 166 Å². The molecule has 0 bridgehead atoms. The maximum absolute atomic E-state index is 13.9. The number of phenolic OH excluding ortho intramolecular Hbond substituents is 1. The summed E-state index contributed by atoms with van der Waals surface area (Å²) in [4.78, 5) is 19.9. The highest BCUT2D eigenvalue weighted by Gasteiger charge is 2.42. The lowest BCUT2D eigenvalue weighted by Gasteiger charge is -2.23. The van der Waals surface area contributed by atoms with Gasteiger partial charge in [-0.1, -0.05) is 0 Å². The number of aromatic nitrogens is 3. The van der Waals surface area contributed by atoms with Crippen molar-refractivity contribution in [1.29, 1.82) is 0 Å². The standard InChI is InChI=1S/C21H22FN5O2/c1-12-18-14(20(29)27-7-5-21(11-27)4-6-23-10-21)9-16(24-19(18)26-25-12)13-2-3-17(28)15(22)8-13/h2-3,8-9,23,28H,4-7,10-11H2,1H3,(H,24,25,26). The van der Waals surface area contributed by atoms with E-state index in [1.165, 1.54) is 12.1 Å². The summed E-state index contributed by atoms with van der Waals surface area (Å²) >= 11 is 0. The first-order chi connectivity index (χ1) is 14.0. The number of hydrogen-bond acceptors (Lipinski definition) is 5. The Kier molecular flexibility index (Phi) is 4.06. The number of hydrogen-bond donors (Lipinski definition) is 3. The molecule has 4 heterocycles. The molecule has 2 saturated heterocycles. The van der Waals surface area contributed by atoms with E-state index in [1.807, 2.05) is 11.8 Å². The SMILES string of the molecule is Cc1[nH]nc2nc(-c3ccc(O)c(F)c3)cc(C(=O)N3CCC4(CCNC4)C3)c12. The maximum atomic E-state index is 13.9. The monoisotopic (exact) mass is 395 g/mol. The van der Waals surface area contributed by atoms with Crippen LogP contribution in [0.1, 0.15) is 28.9 Å². The summed E-state index contributed by atoms with van der Waals surface area (Å²) in [6.07, 6.45) is 2.09. The summed E-state index contributed by atoms with van der Waals surface area (Å²) < 4.78 is 13.9. The van der Waals surface area contributed by atoms with Crippen LogP contribution in [0.25, 0.3) is 22.3 Å². The van der Waals surface area contributed by atoms with E-state index in [0.717, 1.165) is 44.7 Å². The van der Waals surface area contributed by atoms with Gasteiger partial charge in [0.25, 0.3) is 5.91 Å². The molecular weight excluding hydrogens is 373 g/mol. The molecule has 1 spiro atoms. The second kappa shape index (κ2) is 6.52. The third-order valence-electron chi connectivity index (χ3n) is 6.24. The first-order valence-corrected chi connectivity index (χ1v) is 9.80. The first-order valence-electron chi connectivity index (χ1n) is 9.80. The van der Waals surface area contributed by atoms with Crippen molar-refractivity contribution >= 4 is 16.9 Å². The number of carbonyl (C=O) groups is 1. The summed E-state index contributed by atoms with van der Waals surface area (Å²) in [5.41, 5.74) is 2.82. The lowest BCUT2D eigenvalue weighted by Crippen LogP contribution is -2.33. The number of nitrogens with zero attached hydrogens (tertiary/aromatic N) is 3. The number of aromatic hydroxyl groups is 1. The number of carbonyl (C=O) groups excluding carboxylic acids is 1. The lowest BCUT2D eigenvalue weighted by atomic mass is 9.86. The van der Waals surface area contributed by atoms with Crippen LogP contribution in [0.2, 0.25) is 0 Å². The van der Waals surface area contributed by atoms with Crippen LogP contribution in [0.4, 0.5) is 4.39 Å². The molecule has 1 amide bonds. The zero-order valence-electron chi connectivity index (χ0n) is 16.1. The maximum Gasteiger partial charge on any atom is 0.254 e. The predicted octanol–water partition coefficient (Wildman–Crippen LogP) is 2.60. The van der Waals surface area contributed by atoms with Crippen LogP contribution in [0, 0.1) is 18.2 Å². The van der Waals surface area contributed by atoms with Crippen molar-refractivity contribution in [2.75, 3.05) is 26.2 Å². The first kappa shape index (κ1) is 18.1. The second-order valence-electron chi connectivity index (χ2n) is 8.17. The molecule has 8 heteroatoms. The molecule has 1 unspecified atom stereocenters. The molecule has 29 heavy (non-hydrogen) atoms. The number of pyridine rings is 1. The Morgan fingerprint density at radius 1 is 1.31 bits per heavy atom. The molecule has 3 N–H and O–H groups in total. The minimum atomic E-state index is -0.731. The Hall–Kier alpha value is -3.00. The number of likely N-dealkylation sites (tertiary alicyclic amines) is 1. The van der Waals surface area contributed by atoms with Crippen LogP contribution in [-0.2, 0) is 0 Å². The summed E-state index contributed by atoms with van der Waals surface area (Å²) in [5.74, 6) is -1.20. The number of phenols is 1. The molecule has 2 aliphatic heterocycles. The van der Waals surface area contributed by atoms with Gasteiger partial charge in [0.15, 0.2) is 17.2 Å². The topological polar surface area (TPSA) is 94.1 Å². The highest BCUT2D eigenvalue weighted by molar-refractivity contribution is 6.07. The average molecular weight is 395 g/mol. The molecule has 150 valence electrons. The van der Waals surface area contributed by atoms with E-state index in [0.29, 0.717) is 27.9 Å². The number of benzene rings is 1. The van der Waals surface area contributed by atoms with Crippen molar-refractivity contribution in [3.8, 4) is 17.0 Å². The van der Waals surface area contributed by atoms with Crippen molar-refractivity contribution < 1.29 is 14.3 Å². The molecule has 2 fully saturated rings. The van der Waals surface area contributed by atoms with Gasteiger partial charge in [0, 0.05) is 36.3 Å². The fourth-order valence-corrected chi connectivity index (χ4v) is 4.58. The van der Waals surface area contributed by atoms with Crippen LogP contribution >= 0.6 is 0 Å². The number of rotatable bonds is 2. The van der Waals surface area contributed by atoms with Crippen molar-refractivity contribution in [2.24, 2.45) is 5.41 Å². The molecule has 1 atom stereocenters. The number of fused-ring (bicyclic) bond motifs is 1. The number of H-pyrrole nitrogens is 1. The smallest absolute Gasteiger partial charge is 0.254 e. The number of nitrogens with one attached hydrogen (secondary N) is 2. The third-order valence-corrected chi connectivity index (χ3v) is 6.24. The van der Waals surface area contributed by atoms with E-state index >= 15 is 0 Å². The van der Waals surface area contributed by atoms with E-state index in [9.17, 15) is 14.3 Å². The van der Waals surface area contributed by atoms with Crippen LogP contribution in [0.15, 0.2) is 24.3 Å². The van der Waals surface area contributed by atoms with E-state index in [2.05, 4.69) is 20.5 Å². The van der Waals surface area contributed by atoms with Gasteiger partial charge in [0.1, 0.15) is 0 Å². The van der Waals surface area contributed by atoms with Gasteiger partial charge in [-0.3, -0.25) is 9.89 Å². The number of halogens is 1. The normalized spacial score (nSPS) is 21.5.